The fourth-order valence-corrected chi connectivity index (χ4v) is 2.36. The van der Waals surface area contributed by atoms with Gasteiger partial charge in [-0.05, 0) is 31.7 Å². The van der Waals surface area contributed by atoms with E-state index in [9.17, 15) is 0 Å². The van der Waals surface area contributed by atoms with Crippen molar-refractivity contribution in [1.29, 1.82) is 0 Å². The molecule has 4 nitrogen and oxygen atoms in total. The van der Waals surface area contributed by atoms with E-state index in [-0.39, 0.29) is 0 Å². The van der Waals surface area contributed by atoms with E-state index in [0.717, 1.165) is 25.2 Å². The molecule has 18 heavy (non-hydrogen) atoms. The van der Waals surface area contributed by atoms with Gasteiger partial charge in [0.1, 0.15) is 6.10 Å². The molecule has 1 fully saturated rings. The highest BCUT2D eigenvalue weighted by atomic mass is 16.5. The Morgan fingerprint density at radius 3 is 2.78 bits per heavy atom. The third-order valence-electron chi connectivity index (χ3n) is 3.54. The average molecular weight is 249 g/mol. The summed E-state index contributed by atoms with van der Waals surface area (Å²) in [6.07, 6.45) is 8.85. The van der Waals surface area contributed by atoms with E-state index in [1.54, 1.807) is 12.4 Å². The fourth-order valence-electron chi connectivity index (χ4n) is 2.36. The van der Waals surface area contributed by atoms with Crippen molar-refractivity contribution in [3.8, 4) is 5.88 Å². The molecule has 0 bridgehead atoms. The van der Waals surface area contributed by atoms with Crippen LogP contribution in [0.3, 0.4) is 0 Å². The Morgan fingerprint density at radius 2 is 2.11 bits per heavy atom. The first-order valence-electron chi connectivity index (χ1n) is 6.98. The summed E-state index contributed by atoms with van der Waals surface area (Å²) in [5, 5.41) is 3.23. The lowest BCUT2D eigenvalue weighted by atomic mass is 9.88. The molecule has 0 radical (unpaired) electrons. The zero-order chi connectivity index (χ0) is 12.8. The number of ether oxygens (including phenoxy) is 1. The van der Waals surface area contributed by atoms with Gasteiger partial charge in [0.05, 0.1) is 18.1 Å². The third kappa shape index (κ3) is 3.67. The van der Waals surface area contributed by atoms with E-state index >= 15 is 0 Å². The van der Waals surface area contributed by atoms with Crippen LogP contribution in [0.25, 0.3) is 0 Å². The molecule has 1 aromatic heterocycles. The van der Waals surface area contributed by atoms with Crippen LogP contribution in [0.15, 0.2) is 12.4 Å². The normalized spacial score (nSPS) is 23.9. The summed E-state index contributed by atoms with van der Waals surface area (Å²) in [4.78, 5) is 8.69. The lowest BCUT2D eigenvalue weighted by Gasteiger charge is -2.28. The maximum atomic E-state index is 5.93. The quantitative estimate of drug-likeness (QED) is 0.871. The van der Waals surface area contributed by atoms with Gasteiger partial charge < -0.3 is 10.1 Å². The van der Waals surface area contributed by atoms with Gasteiger partial charge in [-0.2, -0.15) is 0 Å². The van der Waals surface area contributed by atoms with E-state index in [4.69, 9.17) is 4.74 Å². The first kappa shape index (κ1) is 13.3. The standard InChI is InChI=1S/C14H23N3O/c1-3-15-8-12-9-17-14(10-16-12)18-13-7-5-4-6-11(13)2/h9-11,13,15H,3-8H2,1-2H3. The predicted octanol–water partition coefficient (Wildman–Crippen LogP) is 2.54. The van der Waals surface area contributed by atoms with Crippen molar-refractivity contribution in [2.24, 2.45) is 5.92 Å². The van der Waals surface area contributed by atoms with Crippen molar-refractivity contribution in [3.05, 3.63) is 18.1 Å². The summed E-state index contributed by atoms with van der Waals surface area (Å²) >= 11 is 0. The van der Waals surface area contributed by atoms with Crippen LogP contribution in [0.5, 0.6) is 5.88 Å². The summed E-state index contributed by atoms with van der Waals surface area (Å²) in [6, 6.07) is 0. The van der Waals surface area contributed by atoms with Gasteiger partial charge in [-0.15, -0.1) is 0 Å². The van der Waals surface area contributed by atoms with E-state index < -0.39 is 0 Å². The number of nitrogens with one attached hydrogen (secondary N) is 1. The predicted molar refractivity (Wildman–Crippen MR) is 71.5 cm³/mol. The van der Waals surface area contributed by atoms with Crippen molar-refractivity contribution in [3.63, 3.8) is 0 Å². The Bertz CT molecular complexity index is 353. The molecule has 2 rings (SSSR count). The fraction of sp³-hybridized carbons (Fsp3) is 0.714. The van der Waals surface area contributed by atoms with Crippen LogP contribution in [0, 0.1) is 5.92 Å². The van der Waals surface area contributed by atoms with Crippen LogP contribution in [0.1, 0.15) is 45.2 Å². The SMILES string of the molecule is CCNCc1cnc(OC2CCCCC2C)cn1. The van der Waals surface area contributed by atoms with E-state index in [1.165, 1.54) is 19.3 Å². The molecule has 0 saturated heterocycles. The highest BCUT2D eigenvalue weighted by molar-refractivity contribution is 5.08. The van der Waals surface area contributed by atoms with Crippen molar-refractivity contribution in [2.45, 2.75) is 52.2 Å². The van der Waals surface area contributed by atoms with Gasteiger partial charge >= 0.3 is 0 Å². The molecule has 100 valence electrons. The molecule has 1 N–H and O–H groups in total. The minimum Gasteiger partial charge on any atom is -0.473 e. The average Bonchev–Trinajstić information content (AvgIpc) is 2.41. The Morgan fingerprint density at radius 1 is 1.28 bits per heavy atom. The molecule has 1 aromatic rings. The number of aromatic nitrogens is 2. The first-order chi connectivity index (χ1) is 8.79. The molecule has 2 atom stereocenters. The van der Waals surface area contributed by atoms with Crippen molar-refractivity contribution < 1.29 is 4.74 Å². The van der Waals surface area contributed by atoms with Crippen LogP contribution >= 0.6 is 0 Å². The lowest BCUT2D eigenvalue weighted by molar-refractivity contribution is 0.0970. The van der Waals surface area contributed by atoms with E-state index in [1.807, 2.05) is 0 Å². The van der Waals surface area contributed by atoms with E-state index in [0.29, 0.717) is 17.9 Å². The highest BCUT2D eigenvalue weighted by Gasteiger charge is 2.23. The van der Waals surface area contributed by atoms with Gasteiger partial charge in [0, 0.05) is 6.54 Å². The van der Waals surface area contributed by atoms with Crippen molar-refractivity contribution >= 4 is 0 Å². The lowest BCUT2D eigenvalue weighted by Crippen LogP contribution is -2.28. The maximum Gasteiger partial charge on any atom is 0.232 e. The second-order valence-corrected chi connectivity index (χ2v) is 5.04. The number of hydrogen-bond acceptors (Lipinski definition) is 4. The zero-order valence-corrected chi connectivity index (χ0v) is 11.4. The van der Waals surface area contributed by atoms with Gasteiger partial charge in [-0.25, -0.2) is 4.98 Å². The Hall–Kier alpha value is -1.16. The number of rotatable bonds is 5. The largest absolute Gasteiger partial charge is 0.473 e. The molecular weight excluding hydrogens is 226 g/mol. The molecule has 0 aromatic carbocycles. The smallest absolute Gasteiger partial charge is 0.232 e. The van der Waals surface area contributed by atoms with Crippen LogP contribution < -0.4 is 10.1 Å². The summed E-state index contributed by atoms with van der Waals surface area (Å²) < 4.78 is 5.93. The van der Waals surface area contributed by atoms with Gasteiger partial charge in [0.15, 0.2) is 0 Å². The molecule has 4 heteroatoms. The minimum absolute atomic E-state index is 0.313. The minimum atomic E-state index is 0.313. The molecule has 2 unspecified atom stereocenters. The van der Waals surface area contributed by atoms with Gasteiger partial charge in [-0.1, -0.05) is 20.3 Å². The van der Waals surface area contributed by atoms with Crippen LogP contribution in [0.4, 0.5) is 0 Å². The second kappa shape index (κ2) is 6.69. The highest BCUT2D eigenvalue weighted by Crippen LogP contribution is 2.26. The Labute approximate surface area is 109 Å². The summed E-state index contributed by atoms with van der Waals surface area (Å²) in [7, 11) is 0. The second-order valence-electron chi connectivity index (χ2n) is 5.04. The molecule has 1 saturated carbocycles. The maximum absolute atomic E-state index is 5.93. The van der Waals surface area contributed by atoms with Crippen LogP contribution in [-0.4, -0.2) is 22.6 Å². The monoisotopic (exact) mass is 249 g/mol. The zero-order valence-electron chi connectivity index (χ0n) is 11.4. The van der Waals surface area contributed by atoms with Gasteiger partial charge in [-0.3, -0.25) is 4.98 Å². The van der Waals surface area contributed by atoms with Gasteiger partial charge in [0.25, 0.3) is 0 Å². The summed E-state index contributed by atoms with van der Waals surface area (Å²) in [5.74, 6) is 1.29. The van der Waals surface area contributed by atoms with Crippen LogP contribution in [0.2, 0.25) is 0 Å². The summed E-state index contributed by atoms with van der Waals surface area (Å²) in [5.41, 5.74) is 0.959. The third-order valence-corrected chi connectivity index (χ3v) is 3.54. The number of hydrogen-bond donors (Lipinski definition) is 1. The first-order valence-corrected chi connectivity index (χ1v) is 6.98. The Balaban J connectivity index is 1.89. The van der Waals surface area contributed by atoms with E-state index in [2.05, 4.69) is 29.1 Å². The molecule has 1 aliphatic rings. The van der Waals surface area contributed by atoms with Gasteiger partial charge in [0.2, 0.25) is 5.88 Å². The molecular formula is C14H23N3O. The number of nitrogens with zero attached hydrogens (tertiary/aromatic N) is 2. The molecule has 0 aliphatic heterocycles. The molecule has 1 aliphatic carbocycles. The van der Waals surface area contributed by atoms with Crippen molar-refractivity contribution in [1.82, 2.24) is 15.3 Å². The molecule has 1 heterocycles. The topological polar surface area (TPSA) is 47.0 Å². The van der Waals surface area contributed by atoms with Crippen molar-refractivity contribution in [2.75, 3.05) is 6.54 Å². The molecule has 0 spiro atoms. The summed E-state index contributed by atoms with van der Waals surface area (Å²) in [6.45, 7) is 6.05. The van der Waals surface area contributed by atoms with Crippen LogP contribution in [-0.2, 0) is 6.54 Å². The Kier molecular flexibility index (Phi) is 4.93. The molecule has 0 amide bonds.